The van der Waals surface area contributed by atoms with Gasteiger partial charge in [-0.05, 0) is 31.1 Å². The Morgan fingerprint density at radius 3 is 0.983 bits per heavy atom. The molecule has 0 aliphatic rings. The first-order chi connectivity index (χ1) is 28.3. The lowest BCUT2D eigenvalue weighted by Crippen LogP contribution is -2.30. The number of ether oxygens (including phenoxy) is 3. The summed E-state index contributed by atoms with van der Waals surface area (Å²) < 4.78 is 16.8. The van der Waals surface area contributed by atoms with Crippen LogP contribution in [0.5, 0.6) is 0 Å². The summed E-state index contributed by atoms with van der Waals surface area (Å²) in [6.07, 6.45) is 45.2. The Bertz CT molecular complexity index is 887. The first-order valence-corrected chi connectivity index (χ1v) is 25.8. The van der Waals surface area contributed by atoms with Crippen molar-refractivity contribution in [2.24, 2.45) is 11.8 Å². The molecule has 0 aromatic rings. The highest BCUT2D eigenvalue weighted by atomic mass is 16.6. The average Bonchev–Trinajstić information content (AvgIpc) is 3.21. The third-order valence-electron chi connectivity index (χ3n) is 12.1. The lowest BCUT2D eigenvalue weighted by atomic mass is 10.00. The van der Waals surface area contributed by atoms with Crippen LogP contribution in [-0.2, 0) is 28.6 Å². The molecular weight excluding hydrogens is 721 g/mol. The van der Waals surface area contributed by atoms with E-state index < -0.39 is 6.10 Å². The number of hydrogen-bond acceptors (Lipinski definition) is 6. The van der Waals surface area contributed by atoms with Gasteiger partial charge in [-0.1, -0.05) is 247 Å². The first-order valence-electron chi connectivity index (χ1n) is 25.8. The molecule has 58 heavy (non-hydrogen) atoms. The van der Waals surface area contributed by atoms with E-state index in [-0.39, 0.29) is 31.1 Å². The molecule has 1 unspecified atom stereocenters. The molecule has 0 bridgehead atoms. The van der Waals surface area contributed by atoms with Crippen molar-refractivity contribution in [1.82, 2.24) is 0 Å². The van der Waals surface area contributed by atoms with Crippen molar-refractivity contribution >= 4 is 17.9 Å². The van der Waals surface area contributed by atoms with E-state index in [0.717, 1.165) is 69.6 Å². The number of hydrogen-bond donors (Lipinski definition) is 0. The van der Waals surface area contributed by atoms with E-state index in [2.05, 4.69) is 34.6 Å². The van der Waals surface area contributed by atoms with Crippen LogP contribution in [0, 0.1) is 11.8 Å². The maximum absolute atomic E-state index is 12.7. The van der Waals surface area contributed by atoms with Crippen molar-refractivity contribution in [3.8, 4) is 0 Å². The van der Waals surface area contributed by atoms with Crippen LogP contribution in [0.3, 0.4) is 0 Å². The highest BCUT2D eigenvalue weighted by Crippen LogP contribution is 2.18. The molecule has 0 aromatic heterocycles. The molecule has 2 atom stereocenters. The SMILES string of the molecule is CCCCCCCCCCCCCCC(=O)OC[C@H](COC(=O)CCCCCCCCCCCCCCCCCC(C)C)OC(=O)CCCCCCCCC(C)CC. The van der Waals surface area contributed by atoms with Gasteiger partial charge in [0.05, 0.1) is 0 Å². The Kier molecular flexibility index (Phi) is 43.7. The van der Waals surface area contributed by atoms with Gasteiger partial charge in [0, 0.05) is 19.3 Å². The third kappa shape index (κ3) is 44.0. The standard InChI is InChI=1S/C52H100O6/c1-6-8-9-10-11-12-13-20-23-26-32-37-42-50(53)56-45-49(58-52(55)44-39-34-29-28-31-36-41-48(5)7-2)46-57-51(54)43-38-33-27-24-21-18-16-14-15-17-19-22-25-30-35-40-47(3)4/h47-49H,6-46H2,1-5H3/t48?,49-/m1/s1. The fourth-order valence-corrected chi connectivity index (χ4v) is 7.78. The van der Waals surface area contributed by atoms with Crippen LogP contribution < -0.4 is 0 Å². The maximum Gasteiger partial charge on any atom is 0.306 e. The van der Waals surface area contributed by atoms with Crippen LogP contribution in [0.15, 0.2) is 0 Å². The Labute approximate surface area is 361 Å². The van der Waals surface area contributed by atoms with Crippen LogP contribution in [0.4, 0.5) is 0 Å². The molecule has 0 N–H and O–H groups in total. The molecule has 0 aliphatic carbocycles. The number of rotatable bonds is 46. The van der Waals surface area contributed by atoms with Gasteiger partial charge in [-0.2, -0.15) is 0 Å². The number of carbonyl (C=O) groups is 3. The molecule has 6 heteroatoms. The Balaban J connectivity index is 4.25. The highest BCUT2D eigenvalue weighted by Gasteiger charge is 2.19. The second-order valence-corrected chi connectivity index (χ2v) is 18.5. The van der Waals surface area contributed by atoms with Gasteiger partial charge in [0.2, 0.25) is 0 Å². The summed E-state index contributed by atoms with van der Waals surface area (Å²) in [6, 6.07) is 0. The minimum absolute atomic E-state index is 0.0645. The van der Waals surface area contributed by atoms with E-state index in [1.807, 2.05) is 0 Å². The molecule has 0 aromatic carbocycles. The average molecular weight is 821 g/mol. The molecule has 6 nitrogen and oxygen atoms in total. The minimum Gasteiger partial charge on any atom is -0.462 e. The van der Waals surface area contributed by atoms with Crippen LogP contribution in [0.2, 0.25) is 0 Å². The first kappa shape index (κ1) is 56.4. The molecule has 344 valence electrons. The topological polar surface area (TPSA) is 78.9 Å². The molecule has 0 saturated carbocycles. The van der Waals surface area contributed by atoms with Crippen LogP contribution in [-0.4, -0.2) is 37.2 Å². The lowest BCUT2D eigenvalue weighted by Gasteiger charge is -2.18. The van der Waals surface area contributed by atoms with Gasteiger partial charge in [0.1, 0.15) is 13.2 Å². The van der Waals surface area contributed by atoms with Gasteiger partial charge in [-0.3, -0.25) is 14.4 Å². The fourth-order valence-electron chi connectivity index (χ4n) is 7.78. The highest BCUT2D eigenvalue weighted by molar-refractivity contribution is 5.71. The molecule has 0 rings (SSSR count). The summed E-state index contributed by atoms with van der Waals surface area (Å²) in [5, 5.41) is 0. The molecule has 0 fully saturated rings. The predicted molar refractivity (Wildman–Crippen MR) is 247 cm³/mol. The molecule has 0 aliphatic heterocycles. The summed E-state index contributed by atoms with van der Waals surface area (Å²) >= 11 is 0. The van der Waals surface area contributed by atoms with Crippen LogP contribution in [0.25, 0.3) is 0 Å². The van der Waals surface area contributed by atoms with Gasteiger partial charge in [-0.15, -0.1) is 0 Å². The summed E-state index contributed by atoms with van der Waals surface area (Å²) in [4.78, 5) is 37.9. The van der Waals surface area contributed by atoms with E-state index in [4.69, 9.17) is 14.2 Å². The number of esters is 3. The number of unbranched alkanes of at least 4 members (excludes halogenated alkanes) is 30. The van der Waals surface area contributed by atoms with Crippen LogP contribution in [0.1, 0.15) is 285 Å². The smallest absolute Gasteiger partial charge is 0.306 e. The molecular formula is C52H100O6. The molecule has 0 radical (unpaired) electrons. The monoisotopic (exact) mass is 821 g/mol. The lowest BCUT2D eigenvalue weighted by molar-refractivity contribution is -0.167. The number of carbonyl (C=O) groups excluding carboxylic acids is 3. The zero-order chi connectivity index (χ0) is 42.6. The second-order valence-electron chi connectivity index (χ2n) is 18.5. The molecule has 0 spiro atoms. The third-order valence-corrected chi connectivity index (χ3v) is 12.1. The predicted octanol–water partition coefficient (Wildman–Crippen LogP) is 16.5. The maximum atomic E-state index is 12.7. The molecule has 0 amide bonds. The van der Waals surface area contributed by atoms with Crippen molar-refractivity contribution in [3.05, 3.63) is 0 Å². The van der Waals surface area contributed by atoms with E-state index in [0.29, 0.717) is 19.3 Å². The summed E-state index contributed by atoms with van der Waals surface area (Å²) in [5.74, 6) is 0.807. The summed E-state index contributed by atoms with van der Waals surface area (Å²) in [7, 11) is 0. The zero-order valence-electron chi connectivity index (χ0n) is 39.7. The molecule has 0 heterocycles. The molecule has 0 saturated heterocycles. The van der Waals surface area contributed by atoms with Crippen molar-refractivity contribution < 1.29 is 28.6 Å². The van der Waals surface area contributed by atoms with Crippen molar-refractivity contribution in [3.63, 3.8) is 0 Å². The second kappa shape index (κ2) is 44.9. The van der Waals surface area contributed by atoms with Crippen molar-refractivity contribution in [2.75, 3.05) is 13.2 Å². The van der Waals surface area contributed by atoms with Crippen LogP contribution >= 0.6 is 0 Å². The fraction of sp³-hybridized carbons (Fsp3) is 0.942. The van der Waals surface area contributed by atoms with E-state index in [1.54, 1.807) is 0 Å². The Morgan fingerprint density at radius 1 is 0.362 bits per heavy atom. The van der Waals surface area contributed by atoms with Gasteiger partial charge >= 0.3 is 17.9 Å². The normalized spacial score (nSPS) is 12.5. The van der Waals surface area contributed by atoms with E-state index in [1.165, 1.54) is 173 Å². The van der Waals surface area contributed by atoms with Crippen molar-refractivity contribution in [2.45, 2.75) is 291 Å². The zero-order valence-corrected chi connectivity index (χ0v) is 39.7. The van der Waals surface area contributed by atoms with Gasteiger partial charge < -0.3 is 14.2 Å². The Hall–Kier alpha value is -1.59. The van der Waals surface area contributed by atoms with E-state index >= 15 is 0 Å². The van der Waals surface area contributed by atoms with E-state index in [9.17, 15) is 14.4 Å². The Morgan fingerprint density at radius 2 is 0.655 bits per heavy atom. The largest absolute Gasteiger partial charge is 0.462 e. The minimum atomic E-state index is -0.762. The van der Waals surface area contributed by atoms with Crippen molar-refractivity contribution in [1.29, 1.82) is 0 Å². The quantitative estimate of drug-likeness (QED) is 0.0346. The van der Waals surface area contributed by atoms with Gasteiger partial charge in [0.25, 0.3) is 0 Å². The summed E-state index contributed by atoms with van der Waals surface area (Å²) in [6.45, 7) is 11.4. The van der Waals surface area contributed by atoms with Gasteiger partial charge in [0.15, 0.2) is 6.10 Å². The van der Waals surface area contributed by atoms with Gasteiger partial charge in [-0.25, -0.2) is 0 Å². The summed E-state index contributed by atoms with van der Waals surface area (Å²) in [5.41, 5.74) is 0.